The quantitative estimate of drug-likeness (QED) is 0.727. The predicted octanol–water partition coefficient (Wildman–Crippen LogP) is 2.05. The zero-order valence-electron chi connectivity index (χ0n) is 12.8. The minimum Gasteiger partial charge on any atom is -0.550 e. The summed E-state index contributed by atoms with van der Waals surface area (Å²) in [7, 11) is 0. The van der Waals surface area contributed by atoms with Crippen LogP contribution in [-0.4, -0.2) is 23.1 Å². The zero-order chi connectivity index (χ0) is 16.8. The SMILES string of the molecule is CCOC(=O)Cn1c(CCC(=O)[O-])ccc1-c1ccc(Cl)cc1. The molecular formula is C17H17ClNO4-. The van der Waals surface area contributed by atoms with Gasteiger partial charge in [-0.2, -0.15) is 0 Å². The number of benzene rings is 1. The molecule has 0 amide bonds. The second-order valence-corrected chi connectivity index (χ2v) is 5.42. The van der Waals surface area contributed by atoms with Crippen LogP contribution < -0.4 is 5.11 Å². The first-order valence-corrected chi connectivity index (χ1v) is 7.69. The molecule has 0 saturated heterocycles. The molecule has 1 aromatic carbocycles. The first-order chi connectivity index (χ1) is 11.0. The number of aryl methyl sites for hydroxylation is 1. The van der Waals surface area contributed by atoms with Crippen molar-refractivity contribution < 1.29 is 19.4 Å². The maximum atomic E-state index is 11.8. The number of carbonyl (C=O) groups excluding carboxylic acids is 2. The minimum absolute atomic E-state index is 0.0289. The van der Waals surface area contributed by atoms with Gasteiger partial charge in [-0.25, -0.2) is 0 Å². The van der Waals surface area contributed by atoms with Crippen molar-refractivity contribution >= 4 is 23.5 Å². The van der Waals surface area contributed by atoms with Gasteiger partial charge in [-0.3, -0.25) is 4.79 Å². The van der Waals surface area contributed by atoms with Gasteiger partial charge in [0.15, 0.2) is 0 Å². The molecule has 0 fully saturated rings. The Bertz CT molecular complexity index is 691. The Balaban J connectivity index is 2.34. The van der Waals surface area contributed by atoms with Crippen molar-refractivity contribution in [2.45, 2.75) is 26.3 Å². The topological polar surface area (TPSA) is 71.4 Å². The van der Waals surface area contributed by atoms with Gasteiger partial charge in [-0.15, -0.1) is 0 Å². The standard InChI is InChI=1S/C17H18ClNO4/c1-2-23-17(22)11-19-14(8-10-16(20)21)7-9-15(19)12-3-5-13(18)6-4-12/h3-7,9H,2,8,10-11H2,1H3,(H,20,21)/p-1. The van der Waals surface area contributed by atoms with Gasteiger partial charge in [0.05, 0.1) is 6.61 Å². The second-order valence-electron chi connectivity index (χ2n) is 4.98. The molecule has 2 aromatic rings. The number of carboxylic acids is 1. The molecule has 0 aliphatic heterocycles. The van der Waals surface area contributed by atoms with E-state index >= 15 is 0 Å². The molecule has 23 heavy (non-hydrogen) atoms. The number of halogens is 1. The lowest BCUT2D eigenvalue weighted by atomic mass is 10.1. The molecule has 0 bridgehead atoms. The molecule has 0 unspecified atom stereocenters. The molecule has 5 nitrogen and oxygen atoms in total. The third-order valence-electron chi connectivity index (χ3n) is 3.39. The van der Waals surface area contributed by atoms with Gasteiger partial charge >= 0.3 is 5.97 Å². The summed E-state index contributed by atoms with van der Waals surface area (Å²) in [6.45, 7) is 2.07. The summed E-state index contributed by atoms with van der Waals surface area (Å²) in [6, 6.07) is 10.9. The highest BCUT2D eigenvalue weighted by Crippen LogP contribution is 2.25. The number of carbonyl (C=O) groups is 2. The van der Waals surface area contributed by atoms with Crippen LogP contribution in [0.15, 0.2) is 36.4 Å². The van der Waals surface area contributed by atoms with Gasteiger partial charge in [0.1, 0.15) is 6.54 Å². The van der Waals surface area contributed by atoms with E-state index in [4.69, 9.17) is 16.3 Å². The number of rotatable bonds is 7. The fourth-order valence-electron chi connectivity index (χ4n) is 2.35. The van der Waals surface area contributed by atoms with E-state index in [1.807, 2.05) is 24.3 Å². The molecule has 0 saturated carbocycles. The van der Waals surface area contributed by atoms with Crippen molar-refractivity contribution in [2.75, 3.05) is 6.61 Å². The monoisotopic (exact) mass is 334 g/mol. The van der Waals surface area contributed by atoms with E-state index in [1.165, 1.54) is 0 Å². The van der Waals surface area contributed by atoms with E-state index in [1.54, 1.807) is 23.6 Å². The van der Waals surface area contributed by atoms with Crippen LogP contribution >= 0.6 is 11.6 Å². The van der Waals surface area contributed by atoms with Crippen LogP contribution in [0.25, 0.3) is 11.3 Å². The third kappa shape index (κ3) is 4.60. The van der Waals surface area contributed by atoms with E-state index in [0.717, 1.165) is 17.0 Å². The van der Waals surface area contributed by atoms with Crippen LogP contribution in [0.5, 0.6) is 0 Å². The highest BCUT2D eigenvalue weighted by atomic mass is 35.5. The molecule has 0 radical (unpaired) electrons. The normalized spacial score (nSPS) is 10.5. The summed E-state index contributed by atoms with van der Waals surface area (Å²) < 4.78 is 6.76. The molecule has 0 atom stereocenters. The average molecular weight is 335 g/mol. The number of carboxylic acid groups (broad SMARTS) is 1. The maximum absolute atomic E-state index is 11.8. The van der Waals surface area contributed by atoms with Crippen LogP contribution in [0.4, 0.5) is 0 Å². The highest BCUT2D eigenvalue weighted by Gasteiger charge is 2.14. The number of hydrogen-bond acceptors (Lipinski definition) is 4. The van der Waals surface area contributed by atoms with E-state index in [2.05, 4.69) is 0 Å². The maximum Gasteiger partial charge on any atom is 0.325 e. The number of hydrogen-bond donors (Lipinski definition) is 0. The van der Waals surface area contributed by atoms with Gasteiger partial charge < -0.3 is 19.2 Å². The second kappa shape index (κ2) is 7.83. The number of nitrogens with zero attached hydrogens (tertiary/aromatic N) is 1. The summed E-state index contributed by atoms with van der Waals surface area (Å²) >= 11 is 5.90. The molecule has 1 aromatic heterocycles. The molecule has 0 aliphatic carbocycles. The largest absolute Gasteiger partial charge is 0.550 e. The predicted molar refractivity (Wildman–Crippen MR) is 84.8 cm³/mol. The Morgan fingerprint density at radius 1 is 1.17 bits per heavy atom. The summed E-state index contributed by atoms with van der Waals surface area (Å²) in [5.74, 6) is -1.49. The average Bonchev–Trinajstić information content (AvgIpc) is 2.89. The van der Waals surface area contributed by atoms with E-state index in [9.17, 15) is 14.7 Å². The zero-order valence-corrected chi connectivity index (χ0v) is 13.5. The smallest absolute Gasteiger partial charge is 0.325 e. The van der Waals surface area contributed by atoms with Gasteiger partial charge in [-0.05, 0) is 49.6 Å². The lowest BCUT2D eigenvalue weighted by molar-refractivity contribution is -0.305. The van der Waals surface area contributed by atoms with Gasteiger partial charge in [0.2, 0.25) is 0 Å². The summed E-state index contributed by atoms with van der Waals surface area (Å²) in [4.78, 5) is 22.5. The fraction of sp³-hybridized carbons (Fsp3) is 0.294. The molecule has 1 heterocycles. The summed E-state index contributed by atoms with van der Waals surface area (Å²) in [6.07, 6.45) is 0.183. The van der Waals surface area contributed by atoms with Crippen LogP contribution in [0.1, 0.15) is 19.0 Å². The number of aliphatic carboxylic acids is 1. The Morgan fingerprint density at radius 2 is 1.87 bits per heavy atom. The van der Waals surface area contributed by atoms with Crippen LogP contribution in [-0.2, 0) is 27.3 Å². The van der Waals surface area contributed by atoms with Crippen molar-refractivity contribution in [1.82, 2.24) is 4.57 Å². The van der Waals surface area contributed by atoms with Gasteiger partial charge in [-0.1, -0.05) is 23.7 Å². The van der Waals surface area contributed by atoms with Crippen molar-refractivity contribution in [3.8, 4) is 11.3 Å². The summed E-state index contributed by atoms with van der Waals surface area (Å²) in [5.41, 5.74) is 2.44. The number of ether oxygens (including phenoxy) is 1. The van der Waals surface area contributed by atoms with Crippen LogP contribution in [0, 0.1) is 0 Å². The molecule has 6 heteroatoms. The van der Waals surface area contributed by atoms with Crippen molar-refractivity contribution in [2.24, 2.45) is 0 Å². The van der Waals surface area contributed by atoms with Crippen molar-refractivity contribution in [3.05, 3.63) is 47.1 Å². The molecule has 0 aliphatic rings. The molecule has 122 valence electrons. The van der Waals surface area contributed by atoms with E-state index in [0.29, 0.717) is 11.6 Å². The Morgan fingerprint density at radius 3 is 2.48 bits per heavy atom. The molecular weight excluding hydrogens is 318 g/mol. The molecule has 2 rings (SSSR count). The first-order valence-electron chi connectivity index (χ1n) is 7.31. The third-order valence-corrected chi connectivity index (χ3v) is 3.64. The van der Waals surface area contributed by atoms with Crippen LogP contribution in [0.2, 0.25) is 5.02 Å². The van der Waals surface area contributed by atoms with Gasteiger partial charge in [0.25, 0.3) is 0 Å². The number of esters is 1. The van der Waals surface area contributed by atoms with Crippen LogP contribution in [0.3, 0.4) is 0 Å². The molecule has 0 N–H and O–H groups in total. The lowest BCUT2D eigenvalue weighted by Crippen LogP contribution is -2.23. The van der Waals surface area contributed by atoms with Crippen molar-refractivity contribution in [1.29, 1.82) is 0 Å². The lowest BCUT2D eigenvalue weighted by Gasteiger charge is -2.13. The molecule has 0 spiro atoms. The fourth-order valence-corrected chi connectivity index (χ4v) is 2.48. The van der Waals surface area contributed by atoms with E-state index in [-0.39, 0.29) is 25.4 Å². The summed E-state index contributed by atoms with van der Waals surface area (Å²) in [5, 5.41) is 11.3. The number of aromatic nitrogens is 1. The highest BCUT2D eigenvalue weighted by molar-refractivity contribution is 6.30. The Hall–Kier alpha value is -2.27. The Labute approximate surface area is 139 Å². The van der Waals surface area contributed by atoms with Gasteiger partial charge in [0, 0.05) is 22.4 Å². The first kappa shape index (κ1) is 17.1. The van der Waals surface area contributed by atoms with E-state index < -0.39 is 5.97 Å². The minimum atomic E-state index is -1.12. The Kier molecular flexibility index (Phi) is 5.82. The van der Waals surface area contributed by atoms with Crippen molar-refractivity contribution in [3.63, 3.8) is 0 Å².